The van der Waals surface area contributed by atoms with Gasteiger partial charge in [0.1, 0.15) is 5.01 Å². The van der Waals surface area contributed by atoms with Crippen LogP contribution in [-0.2, 0) is 0 Å². The van der Waals surface area contributed by atoms with Gasteiger partial charge in [-0.2, -0.15) is 0 Å². The summed E-state index contributed by atoms with van der Waals surface area (Å²) in [5, 5.41) is 4.52. The van der Waals surface area contributed by atoms with E-state index >= 15 is 0 Å². The molecule has 2 aromatic carbocycles. The smallest absolute Gasteiger partial charge is 0.267 e. The molecule has 0 aliphatic rings. The van der Waals surface area contributed by atoms with Gasteiger partial charge in [-0.25, -0.2) is 9.97 Å². The highest BCUT2D eigenvalue weighted by Crippen LogP contribution is 2.35. The molecule has 0 radical (unpaired) electrons. The van der Waals surface area contributed by atoms with E-state index in [0.29, 0.717) is 10.0 Å². The van der Waals surface area contributed by atoms with Crippen molar-refractivity contribution in [2.24, 2.45) is 0 Å². The average Bonchev–Trinajstić information content (AvgIpc) is 3.38. The number of aryl methyl sites for hydroxylation is 2. The summed E-state index contributed by atoms with van der Waals surface area (Å²) >= 11 is 4.60. The number of carbonyl (C=O) groups excluding carboxylic acids is 1. The zero-order valence-electron chi connectivity index (χ0n) is 15.1. The lowest BCUT2D eigenvalue weighted by Gasteiger charge is -1.97. The summed E-state index contributed by atoms with van der Waals surface area (Å²) in [4.78, 5) is 23.6. The van der Waals surface area contributed by atoms with E-state index in [0.717, 1.165) is 35.9 Å². The summed E-state index contributed by atoms with van der Waals surface area (Å²) in [6, 6.07) is 16.1. The lowest BCUT2D eigenvalue weighted by molar-refractivity contribution is 0.103. The van der Waals surface area contributed by atoms with E-state index in [-0.39, 0.29) is 5.91 Å². The summed E-state index contributed by atoms with van der Waals surface area (Å²) in [6.07, 6.45) is 0. The van der Waals surface area contributed by atoms with Gasteiger partial charge in [0.15, 0.2) is 5.13 Å². The molecule has 1 N–H and O–H groups in total. The van der Waals surface area contributed by atoms with Crippen LogP contribution < -0.4 is 5.32 Å². The first-order valence-electron chi connectivity index (χ1n) is 8.72. The Labute approximate surface area is 173 Å². The van der Waals surface area contributed by atoms with Gasteiger partial charge in [-0.15, -0.1) is 22.7 Å². The van der Waals surface area contributed by atoms with Crippen molar-refractivity contribution in [1.82, 2.24) is 9.97 Å². The molecule has 0 unspecified atom stereocenters. The number of rotatable bonds is 3. The van der Waals surface area contributed by atoms with Crippen LogP contribution in [0.5, 0.6) is 0 Å². The van der Waals surface area contributed by atoms with Crippen LogP contribution in [0.15, 0.2) is 48.5 Å². The Morgan fingerprint density at radius 3 is 2.64 bits per heavy atom. The third kappa shape index (κ3) is 3.11. The van der Waals surface area contributed by atoms with Crippen molar-refractivity contribution >= 4 is 65.5 Å². The van der Waals surface area contributed by atoms with E-state index in [9.17, 15) is 4.79 Å². The lowest BCUT2D eigenvalue weighted by atomic mass is 10.1. The molecular weight excluding hydrogens is 406 g/mol. The number of nitrogens with zero attached hydrogens (tertiary/aromatic N) is 2. The van der Waals surface area contributed by atoms with E-state index in [1.807, 2.05) is 37.3 Å². The molecule has 0 atom stereocenters. The molecule has 0 saturated carbocycles. The number of thiophene rings is 1. The van der Waals surface area contributed by atoms with Gasteiger partial charge in [0.25, 0.3) is 5.91 Å². The molecule has 0 spiro atoms. The fourth-order valence-corrected chi connectivity index (χ4v) is 6.09. The Balaban J connectivity index is 1.41. The third-order valence-corrected chi connectivity index (χ3v) is 7.59. The predicted molar refractivity (Wildman–Crippen MR) is 120 cm³/mol. The Hall–Kier alpha value is -2.61. The van der Waals surface area contributed by atoms with Crippen molar-refractivity contribution in [2.75, 3.05) is 5.32 Å². The second-order valence-corrected chi connectivity index (χ2v) is 9.70. The van der Waals surface area contributed by atoms with Crippen LogP contribution in [-0.4, -0.2) is 15.9 Å². The molecule has 0 saturated heterocycles. The van der Waals surface area contributed by atoms with Crippen molar-refractivity contribution in [2.45, 2.75) is 13.8 Å². The Morgan fingerprint density at radius 1 is 0.929 bits per heavy atom. The normalized spacial score (nSPS) is 11.4. The number of hydrogen-bond acceptors (Lipinski definition) is 6. The minimum Gasteiger partial charge on any atom is -0.297 e. The number of thiazole rings is 2. The highest BCUT2D eigenvalue weighted by molar-refractivity contribution is 7.26. The van der Waals surface area contributed by atoms with Gasteiger partial charge < -0.3 is 0 Å². The van der Waals surface area contributed by atoms with Gasteiger partial charge in [-0.05, 0) is 55.3 Å². The van der Waals surface area contributed by atoms with Crippen LogP contribution in [0.25, 0.3) is 30.3 Å². The van der Waals surface area contributed by atoms with Crippen molar-refractivity contribution in [1.29, 1.82) is 0 Å². The first-order chi connectivity index (χ1) is 13.6. The lowest BCUT2D eigenvalue weighted by Crippen LogP contribution is -2.09. The first kappa shape index (κ1) is 17.5. The number of para-hydroxylation sites is 1. The van der Waals surface area contributed by atoms with E-state index in [4.69, 9.17) is 0 Å². The van der Waals surface area contributed by atoms with Gasteiger partial charge in [-0.3, -0.25) is 10.1 Å². The van der Waals surface area contributed by atoms with Crippen molar-refractivity contribution in [3.05, 3.63) is 64.5 Å². The molecule has 3 heterocycles. The van der Waals surface area contributed by atoms with Gasteiger partial charge in [0.05, 0.1) is 30.2 Å². The summed E-state index contributed by atoms with van der Waals surface area (Å²) in [7, 11) is 0. The summed E-state index contributed by atoms with van der Waals surface area (Å²) in [6.45, 7) is 4.11. The predicted octanol–water partition coefficient (Wildman–Crippen LogP) is 6.50. The number of fused-ring (bicyclic) bond motifs is 2. The van der Waals surface area contributed by atoms with Crippen LogP contribution >= 0.6 is 34.0 Å². The molecule has 28 heavy (non-hydrogen) atoms. The Morgan fingerprint density at radius 2 is 1.79 bits per heavy atom. The van der Waals surface area contributed by atoms with Gasteiger partial charge in [-0.1, -0.05) is 29.5 Å². The number of benzene rings is 2. The number of hydrogen-bond donors (Lipinski definition) is 1. The highest BCUT2D eigenvalue weighted by atomic mass is 32.1. The molecule has 0 fully saturated rings. The maximum atomic E-state index is 12.7. The fraction of sp³-hybridized carbons (Fsp3) is 0.0952. The molecular formula is C21H15N3OS3. The second-order valence-electron chi connectivity index (χ2n) is 6.55. The molecule has 0 bridgehead atoms. The van der Waals surface area contributed by atoms with Crippen LogP contribution in [0.4, 0.5) is 5.13 Å². The van der Waals surface area contributed by atoms with Crippen LogP contribution in [0.1, 0.15) is 20.8 Å². The monoisotopic (exact) mass is 421 g/mol. The Bertz CT molecular complexity index is 1310. The second kappa shape index (κ2) is 6.77. The number of amides is 1. The quantitative estimate of drug-likeness (QED) is 0.361. The topological polar surface area (TPSA) is 54.9 Å². The minimum absolute atomic E-state index is 0.134. The maximum absolute atomic E-state index is 12.7. The van der Waals surface area contributed by atoms with Crippen molar-refractivity contribution in [3.8, 4) is 9.88 Å². The number of nitrogens with one attached hydrogen (secondary N) is 1. The molecule has 5 aromatic rings. The molecule has 5 rings (SSSR count). The largest absolute Gasteiger partial charge is 0.297 e. The molecule has 0 aliphatic heterocycles. The molecule has 3 aromatic heterocycles. The summed E-state index contributed by atoms with van der Waals surface area (Å²) < 4.78 is 2.24. The summed E-state index contributed by atoms with van der Waals surface area (Å²) in [5.74, 6) is -0.134. The number of anilines is 1. The third-order valence-electron chi connectivity index (χ3n) is 4.38. The van der Waals surface area contributed by atoms with Crippen LogP contribution in [0.3, 0.4) is 0 Å². The highest BCUT2D eigenvalue weighted by Gasteiger charge is 2.15. The summed E-state index contributed by atoms with van der Waals surface area (Å²) in [5.41, 5.74) is 4.26. The first-order valence-corrected chi connectivity index (χ1v) is 11.2. The van der Waals surface area contributed by atoms with Crippen molar-refractivity contribution < 1.29 is 4.79 Å². The number of aromatic nitrogens is 2. The van der Waals surface area contributed by atoms with E-state index < -0.39 is 0 Å². The zero-order valence-corrected chi connectivity index (χ0v) is 17.6. The molecule has 7 heteroatoms. The minimum atomic E-state index is -0.134. The standard InChI is InChI=1S/C21H15N3OS3/c1-11-9-12(2)18-17(10-11)28-21(23-18)24-19(25)15-7-8-16(26-15)20-22-13-5-3-4-6-14(13)27-20/h3-10H,1-2H3,(H,23,24,25). The zero-order chi connectivity index (χ0) is 19.3. The van der Waals surface area contributed by atoms with E-state index in [1.54, 1.807) is 11.3 Å². The van der Waals surface area contributed by atoms with Gasteiger partial charge in [0, 0.05) is 0 Å². The van der Waals surface area contributed by atoms with Crippen LogP contribution in [0.2, 0.25) is 0 Å². The molecule has 4 nitrogen and oxygen atoms in total. The number of carbonyl (C=O) groups is 1. The fourth-order valence-electron chi connectivity index (χ4n) is 3.14. The maximum Gasteiger partial charge on any atom is 0.267 e. The van der Waals surface area contributed by atoms with Crippen molar-refractivity contribution in [3.63, 3.8) is 0 Å². The van der Waals surface area contributed by atoms with Gasteiger partial charge >= 0.3 is 0 Å². The average molecular weight is 422 g/mol. The molecule has 0 aliphatic carbocycles. The Kier molecular flexibility index (Phi) is 4.23. The molecule has 1 amide bonds. The molecule has 138 valence electrons. The van der Waals surface area contributed by atoms with E-state index in [2.05, 4.69) is 40.4 Å². The van der Waals surface area contributed by atoms with Crippen LogP contribution in [0, 0.1) is 13.8 Å². The SMILES string of the molecule is Cc1cc(C)c2nc(NC(=O)c3ccc(-c4nc5ccccc5s4)s3)sc2c1. The van der Waals surface area contributed by atoms with E-state index in [1.165, 1.54) is 28.2 Å². The van der Waals surface area contributed by atoms with Gasteiger partial charge in [0.2, 0.25) is 0 Å².